The molecule has 0 unspecified atom stereocenters. The van der Waals surface area contributed by atoms with Gasteiger partial charge in [-0.1, -0.05) is 22.3 Å². The fraction of sp³-hybridized carbons (Fsp3) is 0.400. The van der Waals surface area contributed by atoms with E-state index in [0.717, 1.165) is 44.6 Å². The molecule has 0 heterocycles. The van der Waals surface area contributed by atoms with E-state index in [-0.39, 0.29) is 0 Å². The minimum absolute atomic E-state index is 0.796. The summed E-state index contributed by atoms with van der Waals surface area (Å²) in [5.74, 6) is 0. The second-order valence-corrected chi connectivity index (χ2v) is 7.14. The average Bonchev–Trinajstić information content (AvgIpc) is 2.45. The molecule has 0 bridgehead atoms. The van der Waals surface area contributed by atoms with Gasteiger partial charge in [0.25, 0.3) is 0 Å². The van der Waals surface area contributed by atoms with Crippen molar-refractivity contribution in [2.75, 3.05) is 38.0 Å². The number of rotatable bonds is 4. The van der Waals surface area contributed by atoms with Crippen LogP contribution in [0.1, 0.15) is 22.3 Å². The first-order chi connectivity index (χ1) is 11.1. The Morgan fingerprint density at radius 2 is 0.875 bits per heavy atom. The van der Waals surface area contributed by atoms with Crippen molar-refractivity contribution in [3.63, 3.8) is 0 Å². The highest BCUT2D eigenvalue weighted by molar-refractivity contribution is 6.81. The van der Waals surface area contributed by atoms with E-state index in [0.29, 0.717) is 0 Å². The highest BCUT2D eigenvalue weighted by atomic mass is 19.1. The SMILES string of the molecule is Cc1cc(N(C)C)cc(C)c1B(F)c1c(C)cc(N(C)C)cc1C. The van der Waals surface area contributed by atoms with Gasteiger partial charge in [0.1, 0.15) is 0 Å². The Morgan fingerprint density at radius 1 is 0.625 bits per heavy atom. The normalized spacial score (nSPS) is 10.7. The van der Waals surface area contributed by atoms with Gasteiger partial charge in [-0.25, -0.2) is 0 Å². The molecule has 0 amide bonds. The van der Waals surface area contributed by atoms with E-state index in [1.807, 2.05) is 55.9 Å². The molecule has 24 heavy (non-hydrogen) atoms. The zero-order valence-corrected chi connectivity index (χ0v) is 16.2. The number of anilines is 2. The van der Waals surface area contributed by atoms with Crippen LogP contribution in [0.5, 0.6) is 0 Å². The topological polar surface area (TPSA) is 6.48 Å². The van der Waals surface area contributed by atoms with Gasteiger partial charge in [0.15, 0.2) is 0 Å². The van der Waals surface area contributed by atoms with Crippen LogP contribution < -0.4 is 20.7 Å². The van der Waals surface area contributed by atoms with Gasteiger partial charge in [-0.3, -0.25) is 0 Å². The van der Waals surface area contributed by atoms with Crippen molar-refractivity contribution < 1.29 is 4.32 Å². The molecule has 0 N–H and O–H groups in total. The third-order valence-electron chi connectivity index (χ3n) is 4.70. The molecule has 2 rings (SSSR count). The van der Waals surface area contributed by atoms with E-state index in [1.54, 1.807) is 0 Å². The number of hydrogen-bond donors (Lipinski definition) is 0. The van der Waals surface area contributed by atoms with Gasteiger partial charge in [0, 0.05) is 39.6 Å². The number of hydrogen-bond acceptors (Lipinski definition) is 2. The minimum atomic E-state index is -1.10. The van der Waals surface area contributed by atoms with Crippen LogP contribution in [0.4, 0.5) is 15.7 Å². The maximum Gasteiger partial charge on any atom is 0.414 e. The van der Waals surface area contributed by atoms with Crippen molar-refractivity contribution in [2.45, 2.75) is 27.7 Å². The van der Waals surface area contributed by atoms with E-state index >= 15 is 4.32 Å². The van der Waals surface area contributed by atoms with Gasteiger partial charge >= 0.3 is 6.99 Å². The van der Waals surface area contributed by atoms with Crippen molar-refractivity contribution in [1.82, 2.24) is 0 Å². The van der Waals surface area contributed by atoms with Gasteiger partial charge in [0.05, 0.1) is 0 Å². The Bertz CT molecular complexity index is 644. The van der Waals surface area contributed by atoms with Crippen LogP contribution in [-0.2, 0) is 0 Å². The highest BCUT2D eigenvalue weighted by Crippen LogP contribution is 2.19. The lowest BCUT2D eigenvalue weighted by atomic mass is 9.53. The first kappa shape index (κ1) is 18.4. The molecule has 0 saturated heterocycles. The van der Waals surface area contributed by atoms with E-state index < -0.39 is 6.99 Å². The summed E-state index contributed by atoms with van der Waals surface area (Å²) < 4.78 is 15.5. The maximum absolute atomic E-state index is 15.5. The molecule has 0 aliphatic heterocycles. The summed E-state index contributed by atoms with van der Waals surface area (Å²) in [5, 5.41) is 0. The third-order valence-corrected chi connectivity index (χ3v) is 4.70. The first-order valence-electron chi connectivity index (χ1n) is 8.34. The Morgan fingerprint density at radius 3 is 1.08 bits per heavy atom. The smallest absolute Gasteiger partial charge is 0.378 e. The number of benzene rings is 2. The van der Waals surface area contributed by atoms with Crippen molar-refractivity contribution in [3.8, 4) is 0 Å². The molecule has 0 aliphatic rings. The third kappa shape index (κ3) is 3.43. The highest BCUT2D eigenvalue weighted by Gasteiger charge is 2.28. The van der Waals surface area contributed by atoms with E-state index in [9.17, 15) is 0 Å². The number of nitrogens with zero attached hydrogens (tertiary/aromatic N) is 2. The number of halogens is 1. The molecule has 0 spiro atoms. The van der Waals surface area contributed by atoms with Gasteiger partial charge < -0.3 is 14.1 Å². The van der Waals surface area contributed by atoms with Crippen LogP contribution >= 0.6 is 0 Å². The molecule has 128 valence electrons. The molecule has 0 radical (unpaired) electrons. The van der Waals surface area contributed by atoms with Crippen molar-refractivity contribution in [1.29, 1.82) is 0 Å². The lowest BCUT2D eigenvalue weighted by Gasteiger charge is -2.22. The fourth-order valence-electron chi connectivity index (χ4n) is 3.36. The van der Waals surface area contributed by atoms with Gasteiger partial charge in [-0.2, -0.15) is 0 Å². The molecule has 0 atom stereocenters. The van der Waals surface area contributed by atoms with Crippen molar-refractivity contribution in [2.24, 2.45) is 0 Å². The Kier molecular flexibility index (Phi) is 5.27. The van der Waals surface area contributed by atoms with E-state index in [4.69, 9.17) is 0 Å². The Labute approximate surface area is 146 Å². The fourth-order valence-corrected chi connectivity index (χ4v) is 3.36. The molecular weight excluding hydrogens is 298 g/mol. The molecule has 0 aliphatic carbocycles. The predicted molar refractivity (Wildman–Crippen MR) is 107 cm³/mol. The zero-order valence-electron chi connectivity index (χ0n) is 16.2. The van der Waals surface area contributed by atoms with Gasteiger partial charge in [0.2, 0.25) is 0 Å². The Hall–Kier alpha value is -1.97. The Balaban J connectivity index is 2.56. The van der Waals surface area contributed by atoms with Crippen LogP contribution in [-0.4, -0.2) is 35.2 Å². The van der Waals surface area contributed by atoms with Crippen molar-refractivity contribution in [3.05, 3.63) is 46.5 Å². The standard InChI is InChI=1S/C20H28BFN2/c1-13-9-17(23(5)6)10-14(2)19(13)21(22)20-15(3)11-18(24(7)8)12-16(20)4/h9-12H,1-8H3. The quantitative estimate of drug-likeness (QED) is 0.797. The molecule has 4 heteroatoms. The van der Waals surface area contributed by atoms with Crippen LogP contribution in [0.3, 0.4) is 0 Å². The molecular formula is C20H28BFN2. The minimum Gasteiger partial charge on any atom is -0.378 e. The van der Waals surface area contributed by atoms with Gasteiger partial charge in [-0.05, 0) is 62.9 Å². The summed E-state index contributed by atoms with van der Waals surface area (Å²) in [6.45, 7) is 6.90. The molecule has 0 saturated carbocycles. The lowest BCUT2D eigenvalue weighted by Crippen LogP contribution is -2.44. The van der Waals surface area contributed by atoms with Crippen LogP contribution in [0.2, 0.25) is 0 Å². The maximum atomic E-state index is 15.5. The average molecular weight is 326 g/mol. The lowest BCUT2D eigenvalue weighted by molar-refractivity contribution is 0.862. The molecule has 2 aromatic rings. The van der Waals surface area contributed by atoms with Gasteiger partial charge in [-0.15, -0.1) is 0 Å². The van der Waals surface area contributed by atoms with Crippen LogP contribution in [0, 0.1) is 27.7 Å². The summed E-state index contributed by atoms with van der Waals surface area (Å²) in [6, 6.07) is 8.25. The second-order valence-electron chi connectivity index (χ2n) is 7.14. The molecule has 0 fully saturated rings. The summed E-state index contributed by atoms with van der Waals surface area (Å²) >= 11 is 0. The van der Waals surface area contributed by atoms with Crippen LogP contribution in [0.15, 0.2) is 24.3 Å². The zero-order chi connectivity index (χ0) is 18.2. The van der Waals surface area contributed by atoms with E-state index in [1.165, 1.54) is 0 Å². The first-order valence-corrected chi connectivity index (χ1v) is 8.34. The van der Waals surface area contributed by atoms with E-state index in [2.05, 4.69) is 34.1 Å². The molecule has 2 aromatic carbocycles. The molecule has 0 aromatic heterocycles. The van der Waals surface area contributed by atoms with Crippen molar-refractivity contribution >= 4 is 29.3 Å². The summed E-state index contributed by atoms with van der Waals surface area (Å²) in [6.07, 6.45) is 0. The second kappa shape index (κ2) is 6.88. The number of aryl methyl sites for hydroxylation is 4. The largest absolute Gasteiger partial charge is 0.414 e. The van der Waals surface area contributed by atoms with Crippen LogP contribution in [0.25, 0.3) is 0 Å². The molecule has 2 nitrogen and oxygen atoms in total. The summed E-state index contributed by atoms with van der Waals surface area (Å²) in [5.41, 5.74) is 7.82. The summed E-state index contributed by atoms with van der Waals surface area (Å²) in [4.78, 5) is 4.11. The monoisotopic (exact) mass is 326 g/mol. The summed E-state index contributed by atoms with van der Waals surface area (Å²) in [7, 11) is 8.04. The predicted octanol–water partition coefficient (Wildman–Crippen LogP) is 3.13.